The second-order valence-corrected chi connectivity index (χ2v) is 8.06. The fourth-order valence-corrected chi connectivity index (χ4v) is 4.03. The summed E-state index contributed by atoms with van der Waals surface area (Å²) in [5, 5.41) is 6.18. The van der Waals surface area contributed by atoms with Crippen LogP contribution in [0.15, 0.2) is 42.5 Å². The van der Waals surface area contributed by atoms with E-state index in [1.54, 1.807) is 7.11 Å². The first-order valence-corrected chi connectivity index (χ1v) is 11.0. The van der Waals surface area contributed by atoms with Crippen LogP contribution in [0.2, 0.25) is 0 Å². The number of methoxy groups -OCH3 is 1. The number of nitrogens with zero attached hydrogens (tertiary/aromatic N) is 1. The number of benzene rings is 2. The lowest BCUT2D eigenvalue weighted by Gasteiger charge is -2.34. The Morgan fingerprint density at radius 2 is 1.77 bits per heavy atom. The van der Waals surface area contributed by atoms with Gasteiger partial charge < -0.3 is 29.7 Å². The zero-order chi connectivity index (χ0) is 21.6. The average Bonchev–Trinajstić information content (AvgIpc) is 3.04. The number of hydrogen-bond donors (Lipinski definition) is 2. The number of ether oxygens (including phenoxy) is 3. The van der Waals surface area contributed by atoms with E-state index in [1.165, 1.54) is 5.69 Å². The highest BCUT2D eigenvalue weighted by atomic mass is 16.5. The molecule has 0 saturated carbocycles. The van der Waals surface area contributed by atoms with Crippen LogP contribution in [0.5, 0.6) is 17.2 Å². The van der Waals surface area contributed by atoms with Gasteiger partial charge in [0, 0.05) is 31.2 Å². The molecule has 31 heavy (non-hydrogen) atoms. The number of amides is 2. The summed E-state index contributed by atoms with van der Waals surface area (Å²) in [6, 6.07) is 13.9. The van der Waals surface area contributed by atoms with E-state index in [4.69, 9.17) is 14.2 Å². The van der Waals surface area contributed by atoms with Gasteiger partial charge in [0.25, 0.3) is 0 Å². The molecule has 0 aromatic heterocycles. The van der Waals surface area contributed by atoms with Crippen LogP contribution in [0.4, 0.5) is 10.5 Å². The van der Waals surface area contributed by atoms with Gasteiger partial charge in [-0.05, 0) is 61.7 Å². The van der Waals surface area contributed by atoms with Crippen LogP contribution in [-0.4, -0.2) is 45.5 Å². The predicted molar refractivity (Wildman–Crippen MR) is 120 cm³/mol. The number of anilines is 1. The van der Waals surface area contributed by atoms with Crippen LogP contribution in [0, 0.1) is 0 Å². The Morgan fingerprint density at radius 3 is 2.48 bits per heavy atom. The molecule has 1 atom stereocenters. The van der Waals surface area contributed by atoms with E-state index in [9.17, 15) is 4.79 Å². The Bertz CT molecular complexity index is 879. The van der Waals surface area contributed by atoms with Crippen molar-refractivity contribution < 1.29 is 19.0 Å². The second kappa shape index (κ2) is 9.81. The molecule has 2 N–H and O–H groups in total. The average molecular weight is 426 g/mol. The molecule has 2 aromatic carbocycles. The lowest BCUT2D eigenvalue weighted by Crippen LogP contribution is -2.48. The maximum Gasteiger partial charge on any atom is 0.315 e. The fourth-order valence-electron chi connectivity index (χ4n) is 4.03. The van der Waals surface area contributed by atoms with Crippen molar-refractivity contribution in [2.75, 3.05) is 38.3 Å². The number of fused-ring (bicyclic) bond motifs is 1. The third-order valence-corrected chi connectivity index (χ3v) is 5.89. The van der Waals surface area contributed by atoms with Crippen LogP contribution in [0.25, 0.3) is 0 Å². The standard InChI is InChI=1S/C24H31N3O4/c1-17(18-4-9-22-23(16-18)31-15-3-14-30-22)25-24(28)26-19-10-12-27(13-11-19)20-5-7-21(29-2)8-6-20/h4-9,16-17,19H,3,10-15H2,1-2H3,(H2,25,26,28). The van der Waals surface area contributed by atoms with E-state index in [0.717, 1.165) is 55.2 Å². The molecule has 2 aliphatic rings. The van der Waals surface area contributed by atoms with E-state index < -0.39 is 0 Å². The predicted octanol–water partition coefficient (Wildman–Crippen LogP) is 3.89. The number of piperidine rings is 1. The summed E-state index contributed by atoms with van der Waals surface area (Å²) >= 11 is 0. The second-order valence-electron chi connectivity index (χ2n) is 8.06. The van der Waals surface area contributed by atoms with Crippen molar-refractivity contribution in [3.05, 3.63) is 48.0 Å². The van der Waals surface area contributed by atoms with Crippen LogP contribution in [0.3, 0.4) is 0 Å². The smallest absolute Gasteiger partial charge is 0.315 e. The van der Waals surface area contributed by atoms with Gasteiger partial charge in [-0.15, -0.1) is 0 Å². The first-order chi connectivity index (χ1) is 15.1. The van der Waals surface area contributed by atoms with Crippen LogP contribution >= 0.6 is 0 Å². The Kier molecular flexibility index (Phi) is 6.70. The molecule has 0 aliphatic carbocycles. The van der Waals surface area contributed by atoms with Crippen molar-refractivity contribution in [3.8, 4) is 17.2 Å². The van der Waals surface area contributed by atoms with Gasteiger partial charge >= 0.3 is 6.03 Å². The molecular weight excluding hydrogens is 394 g/mol. The van der Waals surface area contributed by atoms with Gasteiger partial charge in [0.05, 0.1) is 26.4 Å². The summed E-state index contributed by atoms with van der Waals surface area (Å²) in [7, 11) is 1.67. The molecule has 1 unspecified atom stereocenters. The quantitative estimate of drug-likeness (QED) is 0.761. The third kappa shape index (κ3) is 5.34. The van der Waals surface area contributed by atoms with Crippen molar-refractivity contribution in [3.63, 3.8) is 0 Å². The molecule has 7 nitrogen and oxygen atoms in total. The summed E-state index contributed by atoms with van der Waals surface area (Å²) in [6.07, 6.45) is 2.70. The minimum atomic E-state index is -0.137. The molecule has 0 radical (unpaired) electrons. The van der Waals surface area contributed by atoms with E-state index in [0.29, 0.717) is 13.2 Å². The van der Waals surface area contributed by atoms with Crippen LogP contribution < -0.4 is 29.7 Å². The molecule has 4 rings (SSSR count). The van der Waals surface area contributed by atoms with E-state index >= 15 is 0 Å². The summed E-state index contributed by atoms with van der Waals surface area (Å²) in [5.41, 5.74) is 2.18. The highest BCUT2D eigenvalue weighted by molar-refractivity contribution is 5.74. The first-order valence-electron chi connectivity index (χ1n) is 11.0. The van der Waals surface area contributed by atoms with Crippen LogP contribution in [0.1, 0.15) is 37.8 Å². The topological polar surface area (TPSA) is 72.1 Å². The molecule has 7 heteroatoms. The van der Waals surface area contributed by atoms with Gasteiger partial charge in [-0.25, -0.2) is 4.79 Å². The number of carbonyl (C=O) groups is 1. The minimum Gasteiger partial charge on any atom is -0.497 e. The molecular formula is C24H31N3O4. The lowest BCUT2D eigenvalue weighted by atomic mass is 10.0. The Morgan fingerprint density at radius 1 is 1.06 bits per heavy atom. The molecule has 2 aromatic rings. The molecule has 1 saturated heterocycles. The van der Waals surface area contributed by atoms with Gasteiger partial charge in [-0.3, -0.25) is 0 Å². The molecule has 2 amide bonds. The minimum absolute atomic E-state index is 0.128. The van der Waals surface area contributed by atoms with Crippen molar-refractivity contribution >= 4 is 11.7 Å². The van der Waals surface area contributed by atoms with E-state index in [-0.39, 0.29) is 18.1 Å². The molecule has 0 spiro atoms. The fraction of sp³-hybridized carbons (Fsp3) is 0.458. The number of carbonyl (C=O) groups excluding carboxylic acids is 1. The lowest BCUT2D eigenvalue weighted by molar-refractivity contribution is 0.231. The van der Waals surface area contributed by atoms with Gasteiger partial charge in [0.15, 0.2) is 11.5 Å². The number of urea groups is 1. The summed E-state index contributed by atoms with van der Waals surface area (Å²) in [5.74, 6) is 2.37. The molecule has 2 aliphatic heterocycles. The largest absolute Gasteiger partial charge is 0.497 e. The maximum atomic E-state index is 12.6. The molecule has 0 bridgehead atoms. The molecule has 166 valence electrons. The molecule has 2 heterocycles. The summed E-state index contributed by atoms with van der Waals surface area (Å²) in [6.45, 7) is 5.11. The zero-order valence-electron chi connectivity index (χ0n) is 18.2. The Hall–Kier alpha value is -3.09. The van der Waals surface area contributed by atoms with Gasteiger partial charge in [-0.2, -0.15) is 0 Å². The van der Waals surface area contributed by atoms with Crippen LogP contribution in [-0.2, 0) is 0 Å². The summed E-state index contributed by atoms with van der Waals surface area (Å²) < 4.78 is 16.7. The van der Waals surface area contributed by atoms with Crippen molar-refractivity contribution in [2.45, 2.75) is 38.3 Å². The van der Waals surface area contributed by atoms with Gasteiger partial charge in [0.2, 0.25) is 0 Å². The SMILES string of the molecule is COc1ccc(N2CCC(NC(=O)NC(C)c3ccc4c(c3)OCCCO4)CC2)cc1. The van der Waals surface area contributed by atoms with Gasteiger partial charge in [-0.1, -0.05) is 6.07 Å². The van der Waals surface area contributed by atoms with Crippen molar-refractivity contribution in [1.82, 2.24) is 10.6 Å². The Labute approximate surface area is 183 Å². The number of hydrogen-bond acceptors (Lipinski definition) is 5. The highest BCUT2D eigenvalue weighted by Crippen LogP contribution is 2.32. The number of nitrogens with one attached hydrogen (secondary N) is 2. The van der Waals surface area contributed by atoms with Gasteiger partial charge in [0.1, 0.15) is 5.75 Å². The normalized spacial score (nSPS) is 17.4. The zero-order valence-corrected chi connectivity index (χ0v) is 18.2. The maximum absolute atomic E-state index is 12.6. The molecule has 1 fully saturated rings. The van der Waals surface area contributed by atoms with E-state index in [1.807, 2.05) is 37.3 Å². The highest BCUT2D eigenvalue weighted by Gasteiger charge is 2.22. The van der Waals surface area contributed by atoms with Crippen molar-refractivity contribution in [1.29, 1.82) is 0 Å². The third-order valence-electron chi connectivity index (χ3n) is 5.89. The van der Waals surface area contributed by atoms with E-state index in [2.05, 4.69) is 27.7 Å². The first kappa shape index (κ1) is 21.2. The Balaban J connectivity index is 1.26. The number of rotatable bonds is 5. The summed E-state index contributed by atoms with van der Waals surface area (Å²) in [4.78, 5) is 14.9. The monoisotopic (exact) mass is 425 g/mol. The van der Waals surface area contributed by atoms with Crippen molar-refractivity contribution in [2.24, 2.45) is 0 Å².